The van der Waals surface area contributed by atoms with Crippen LogP contribution in [0.3, 0.4) is 0 Å². The van der Waals surface area contributed by atoms with Gasteiger partial charge in [0.25, 0.3) is 5.91 Å². The number of aliphatic hydroxyl groups excluding tert-OH is 1. The number of nitriles is 1. The van der Waals surface area contributed by atoms with Gasteiger partial charge in [0, 0.05) is 12.5 Å². The van der Waals surface area contributed by atoms with Gasteiger partial charge in [-0.15, -0.1) is 0 Å². The highest BCUT2D eigenvalue weighted by atomic mass is 32.2. The molecule has 9 nitrogen and oxygen atoms in total. The van der Waals surface area contributed by atoms with Crippen molar-refractivity contribution < 1.29 is 22.8 Å². The van der Waals surface area contributed by atoms with E-state index in [0.717, 1.165) is 12.5 Å². The van der Waals surface area contributed by atoms with Crippen LogP contribution in [0.15, 0.2) is 39.5 Å². The topological polar surface area (TPSA) is 146 Å². The zero-order chi connectivity index (χ0) is 17.9. The molecule has 0 spiro atoms. The van der Waals surface area contributed by atoms with Crippen LogP contribution in [0.4, 0.5) is 5.82 Å². The fourth-order valence-electron chi connectivity index (χ4n) is 1.72. The average molecular weight is 348 g/mol. The fourth-order valence-corrected chi connectivity index (χ4v) is 2.28. The summed E-state index contributed by atoms with van der Waals surface area (Å²) in [5.74, 6) is -1.23. The van der Waals surface area contributed by atoms with Crippen molar-refractivity contribution in [2.75, 3.05) is 11.6 Å². The maximum Gasteiger partial charge on any atom is 0.271 e. The van der Waals surface area contributed by atoms with Gasteiger partial charge < -0.3 is 14.9 Å². The molecule has 1 amide bonds. The molecule has 0 saturated carbocycles. The lowest BCUT2D eigenvalue weighted by Gasteiger charge is -2.06. The van der Waals surface area contributed by atoms with Crippen LogP contribution in [0, 0.1) is 18.3 Å². The largest absolute Gasteiger partial charge is 0.506 e. The van der Waals surface area contributed by atoms with Gasteiger partial charge in [-0.25, -0.2) is 13.4 Å². The van der Waals surface area contributed by atoms with E-state index in [4.69, 9.17) is 9.78 Å². The summed E-state index contributed by atoms with van der Waals surface area (Å²) in [5, 5.41) is 24.9. The minimum atomic E-state index is -3.41. The second kappa shape index (κ2) is 6.51. The molecular formula is C14H12N4O5S. The Kier molecular flexibility index (Phi) is 4.66. The zero-order valence-corrected chi connectivity index (χ0v) is 13.5. The van der Waals surface area contributed by atoms with Crippen LogP contribution in [0.25, 0.3) is 5.76 Å². The predicted octanol–water partition coefficient (Wildman–Crippen LogP) is 1.21. The Bertz CT molecular complexity index is 952. The molecule has 2 heterocycles. The number of carbonyl (C=O) groups excluding carboxylic acids is 1. The van der Waals surface area contributed by atoms with Crippen LogP contribution in [0.1, 0.15) is 11.3 Å². The maximum absolute atomic E-state index is 12.1. The minimum Gasteiger partial charge on any atom is -0.506 e. The number of carbonyl (C=O) groups is 1. The lowest BCUT2D eigenvalue weighted by molar-refractivity contribution is -0.112. The molecule has 2 rings (SSSR count). The van der Waals surface area contributed by atoms with E-state index < -0.39 is 27.1 Å². The molecule has 0 aromatic carbocycles. The Morgan fingerprint density at radius 2 is 2.08 bits per heavy atom. The number of amides is 1. The molecule has 0 bridgehead atoms. The van der Waals surface area contributed by atoms with E-state index in [1.165, 1.54) is 25.3 Å². The number of sulfone groups is 1. The van der Waals surface area contributed by atoms with Gasteiger partial charge in [-0.05, 0) is 19.1 Å². The van der Waals surface area contributed by atoms with Crippen molar-refractivity contribution in [1.29, 1.82) is 5.26 Å². The second-order valence-electron chi connectivity index (χ2n) is 4.74. The first-order valence-electron chi connectivity index (χ1n) is 6.46. The van der Waals surface area contributed by atoms with E-state index in [0.29, 0.717) is 0 Å². The maximum atomic E-state index is 12.1. The Hall–Kier alpha value is -3.19. The number of nitrogens with zero attached hydrogens (tertiary/aromatic N) is 3. The average Bonchev–Trinajstić information content (AvgIpc) is 2.93. The van der Waals surface area contributed by atoms with Gasteiger partial charge in [-0.2, -0.15) is 5.26 Å². The number of nitrogens with one attached hydrogen (secondary N) is 1. The van der Waals surface area contributed by atoms with Gasteiger partial charge in [0.1, 0.15) is 17.6 Å². The molecule has 10 heteroatoms. The molecule has 0 radical (unpaired) electrons. The SMILES string of the molecule is Cc1oncc1/C(O)=C(\C#N)C(=O)Nc1ccc(S(C)(=O)=O)cn1. The normalized spacial score (nSPS) is 12.2. The molecule has 0 atom stereocenters. The summed E-state index contributed by atoms with van der Waals surface area (Å²) in [5.41, 5.74) is -0.447. The number of hydrogen-bond donors (Lipinski definition) is 2. The van der Waals surface area contributed by atoms with Crippen molar-refractivity contribution in [3.05, 3.63) is 41.4 Å². The molecule has 2 aromatic heterocycles. The monoisotopic (exact) mass is 348 g/mol. The van der Waals surface area contributed by atoms with Crippen molar-refractivity contribution in [1.82, 2.24) is 10.1 Å². The molecule has 0 aliphatic heterocycles. The van der Waals surface area contributed by atoms with E-state index >= 15 is 0 Å². The van der Waals surface area contributed by atoms with E-state index in [1.807, 2.05) is 0 Å². The van der Waals surface area contributed by atoms with E-state index in [-0.39, 0.29) is 22.0 Å². The van der Waals surface area contributed by atoms with Crippen LogP contribution in [0.2, 0.25) is 0 Å². The van der Waals surface area contributed by atoms with Crippen molar-refractivity contribution in [3.63, 3.8) is 0 Å². The summed E-state index contributed by atoms with van der Waals surface area (Å²) >= 11 is 0. The predicted molar refractivity (Wildman–Crippen MR) is 82.4 cm³/mol. The summed E-state index contributed by atoms with van der Waals surface area (Å²) in [6, 6.07) is 4.13. The summed E-state index contributed by atoms with van der Waals surface area (Å²) in [7, 11) is -3.41. The quantitative estimate of drug-likeness (QED) is 0.476. The van der Waals surface area contributed by atoms with Gasteiger partial charge in [0.2, 0.25) is 0 Å². The number of anilines is 1. The van der Waals surface area contributed by atoms with Crippen molar-refractivity contribution in [2.24, 2.45) is 0 Å². The highest BCUT2D eigenvalue weighted by Gasteiger charge is 2.20. The smallest absolute Gasteiger partial charge is 0.271 e. The molecule has 0 aliphatic carbocycles. The van der Waals surface area contributed by atoms with E-state index in [2.05, 4.69) is 15.5 Å². The molecule has 2 aromatic rings. The van der Waals surface area contributed by atoms with Gasteiger partial charge in [-0.1, -0.05) is 5.16 Å². The number of aromatic nitrogens is 2. The summed E-state index contributed by atoms with van der Waals surface area (Å²) in [4.78, 5) is 15.9. The number of pyridine rings is 1. The lowest BCUT2D eigenvalue weighted by atomic mass is 10.1. The summed E-state index contributed by atoms with van der Waals surface area (Å²) < 4.78 is 27.5. The highest BCUT2D eigenvalue weighted by Crippen LogP contribution is 2.20. The Morgan fingerprint density at radius 1 is 1.38 bits per heavy atom. The lowest BCUT2D eigenvalue weighted by Crippen LogP contribution is -2.16. The first-order chi connectivity index (χ1) is 11.2. The second-order valence-corrected chi connectivity index (χ2v) is 6.75. The standard InChI is InChI=1S/C14H12N4O5S/c1-8-11(7-17-23-8)13(19)10(5-15)14(20)18-12-4-3-9(6-16-12)24(2,21)22/h3-4,6-7,19H,1-2H3,(H,16,18,20)/b13-10-. The van der Waals surface area contributed by atoms with Gasteiger partial charge in [0.05, 0.1) is 16.7 Å². The summed E-state index contributed by atoms with van der Waals surface area (Å²) in [6.07, 6.45) is 3.28. The molecule has 2 N–H and O–H groups in total. The molecular weight excluding hydrogens is 336 g/mol. The molecule has 0 fully saturated rings. The Labute approximate surface area is 137 Å². The third-order valence-electron chi connectivity index (χ3n) is 2.99. The molecule has 0 unspecified atom stereocenters. The van der Waals surface area contributed by atoms with Crippen LogP contribution >= 0.6 is 0 Å². The third-order valence-corrected chi connectivity index (χ3v) is 4.09. The number of aliphatic hydroxyl groups is 1. The fraction of sp³-hybridized carbons (Fsp3) is 0.143. The van der Waals surface area contributed by atoms with Crippen LogP contribution in [-0.4, -0.2) is 35.8 Å². The third kappa shape index (κ3) is 3.58. The molecule has 0 aliphatic rings. The van der Waals surface area contributed by atoms with E-state index in [1.54, 1.807) is 6.07 Å². The minimum absolute atomic E-state index is 0.0144. The van der Waals surface area contributed by atoms with E-state index in [9.17, 15) is 18.3 Å². The van der Waals surface area contributed by atoms with Crippen molar-refractivity contribution >= 4 is 27.3 Å². The van der Waals surface area contributed by atoms with Crippen molar-refractivity contribution in [2.45, 2.75) is 11.8 Å². The Morgan fingerprint density at radius 3 is 2.54 bits per heavy atom. The number of aryl methyl sites for hydroxylation is 1. The molecule has 124 valence electrons. The van der Waals surface area contributed by atoms with Crippen molar-refractivity contribution in [3.8, 4) is 6.07 Å². The van der Waals surface area contributed by atoms with Gasteiger partial charge >= 0.3 is 0 Å². The van der Waals surface area contributed by atoms with Gasteiger partial charge in [0.15, 0.2) is 21.2 Å². The molecule has 24 heavy (non-hydrogen) atoms. The van der Waals surface area contributed by atoms with Crippen LogP contribution in [-0.2, 0) is 14.6 Å². The van der Waals surface area contributed by atoms with Crippen LogP contribution in [0.5, 0.6) is 0 Å². The summed E-state index contributed by atoms with van der Waals surface area (Å²) in [6.45, 7) is 1.51. The first-order valence-corrected chi connectivity index (χ1v) is 8.35. The van der Waals surface area contributed by atoms with Gasteiger partial charge in [-0.3, -0.25) is 4.79 Å². The highest BCUT2D eigenvalue weighted by molar-refractivity contribution is 7.90. The number of hydrogen-bond acceptors (Lipinski definition) is 8. The molecule has 0 saturated heterocycles. The van der Waals surface area contributed by atoms with Crippen LogP contribution < -0.4 is 5.32 Å². The first kappa shape index (κ1) is 17.2. The Balaban J connectivity index is 2.28. The zero-order valence-electron chi connectivity index (χ0n) is 12.6. The number of rotatable bonds is 4.